The van der Waals surface area contributed by atoms with E-state index in [0.717, 1.165) is 16.9 Å². The van der Waals surface area contributed by atoms with E-state index in [-0.39, 0.29) is 35.2 Å². The van der Waals surface area contributed by atoms with Gasteiger partial charge in [0.15, 0.2) is 0 Å². The standard InChI is InChI=1S/C16H17N3O5S2/c20-14(8-12-2-1-3-17-10-12)18-4-6-19(7-5-18)26(23,24)15-9-13(11-25-15)16(21)22/h1-3,9-11H,4-8H2,(H,21,22). The van der Waals surface area contributed by atoms with Gasteiger partial charge in [-0.25, -0.2) is 13.2 Å². The maximum atomic E-state index is 12.6. The number of carboxylic acids is 1. The first kappa shape index (κ1) is 18.5. The summed E-state index contributed by atoms with van der Waals surface area (Å²) in [5.41, 5.74) is 0.770. The number of carbonyl (C=O) groups is 2. The van der Waals surface area contributed by atoms with Crippen molar-refractivity contribution in [2.45, 2.75) is 10.6 Å². The molecule has 2 aromatic rings. The van der Waals surface area contributed by atoms with Crippen LogP contribution >= 0.6 is 11.3 Å². The lowest BCUT2D eigenvalue weighted by molar-refractivity contribution is -0.131. The predicted molar refractivity (Wildman–Crippen MR) is 94.6 cm³/mol. The van der Waals surface area contributed by atoms with Crippen LogP contribution in [0.5, 0.6) is 0 Å². The van der Waals surface area contributed by atoms with E-state index in [1.807, 2.05) is 6.07 Å². The molecule has 0 saturated carbocycles. The number of carbonyl (C=O) groups excluding carboxylic acids is 1. The van der Waals surface area contributed by atoms with Crippen molar-refractivity contribution < 1.29 is 23.1 Å². The van der Waals surface area contributed by atoms with Crippen LogP contribution in [0.2, 0.25) is 0 Å². The van der Waals surface area contributed by atoms with Crippen molar-refractivity contribution in [2.24, 2.45) is 0 Å². The largest absolute Gasteiger partial charge is 0.478 e. The molecule has 0 aliphatic carbocycles. The molecular formula is C16H17N3O5S2. The van der Waals surface area contributed by atoms with Crippen LogP contribution in [0.25, 0.3) is 0 Å². The maximum Gasteiger partial charge on any atom is 0.336 e. The molecule has 3 rings (SSSR count). The molecule has 10 heteroatoms. The Bertz CT molecular complexity index is 903. The van der Waals surface area contributed by atoms with E-state index in [1.54, 1.807) is 23.4 Å². The van der Waals surface area contributed by atoms with Crippen molar-refractivity contribution in [2.75, 3.05) is 26.2 Å². The van der Waals surface area contributed by atoms with Crippen molar-refractivity contribution in [3.63, 3.8) is 0 Å². The summed E-state index contributed by atoms with van der Waals surface area (Å²) in [6.45, 7) is 0.966. The number of nitrogens with zero attached hydrogens (tertiary/aromatic N) is 3. The zero-order valence-corrected chi connectivity index (χ0v) is 15.4. The maximum absolute atomic E-state index is 12.6. The Hall–Kier alpha value is -2.30. The van der Waals surface area contributed by atoms with Crippen molar-refractivity contribution in [1.82, 2.24) is 14.2 Å². The topological polar surface area (TPSA) is 108 Å². The number of aromatic nitrogens is 1. The molecule has 1 saturated heterocycles. The van der Waals surface area contributed by atoms with E-state index in [9.17, 15) is 18.0 Å². The summed E-state index contributed by atoms with van der Waals surface area (Å²) in [5, 5.41) is 10.2. The Morgan fingerprint density at radius 2 is 1.96 bits per heavy atom. The fourth-order valence-corrected chi connectivity index (χ4v) is 5.39. The van der Waals surface area contributed by atoms with Crippen molar-refractivity contribution in [1.29, 1.82) is 0 Å². The van der Waals surface area contributed by atoms with Gasteiger partial charge in [-0.2, -0.15) is 4.31 Å². The Morgan fingerprint density at radius 3 is 2.54 bits per heavy atom. The van der Waals surface area contributed by atoms with Crippen molar-refractivity contribution in [3.8, 4) is 0 Å². The zero-order valence-electron chi connectivity index (χ0n) is 13.7. The van der Waals surface area contributed by atoms with E-state index in [2.05, 4.69) is 4.98 Å². The van der Waals surface area contributed by atoms with Gasteiger partial charge in [0.2, 0.25) is 5.91 Å². The number of pyridine rings is 1. The molecule has 1 N–H and O–H groups in total. The molecule has 138 valence electrons. The monoisotopic (exact) mass is 395 g/mol. The number of hydrogen-bond donors (Lipinski definition) is 1. The molecule has 1 aliphatic rings. The number of sulfonamides is 1. The molecule has 0 radical (unpaired) electrons. The van der Waals surface area contributed by atoms with Gasteiger partial charge in [0.25, 0.3) is 10.0 Å². The molecule has 8 nitrogen and oxygen atoms in total. The highest BCUT2D eigenvalue weighted by molar-refractivity contribution is 7.91. The number of piperazine rings is 1. The average Bonchev–Trinajstić information content (AvgIpc) is 3.14. The summed E-state index contributed by atoms with van der Waals surface area (Å²) in [6, 6.07) is 4.75. The first-order valence-corrected chi connectivity index (χ1v) is 10.2. The van der Waals surface area contributed by atoms with Gasteiger partial charge < -0.3 is 10.0 Å². The predicted octanol–water partition coefficient (Wildman–Crippen LogP) is 0.917. The van der Waals surface area contributed by atoms with Crippen LogP contribution in [0.1, 0.15) is 15.9 Å². The molecule has 0 aromatic carbocycles. The number of rotatable bonds is 5. The van der Waals surface area contributed by atoms with Crippen LogP contribution in [0.3, 0.4) is 0 Å². The first-order chi connectivity index (χ1) is 12.4. The van der Waals surface area contributed by atoms with E-state index in [1.165, 1.54) is 15.8 Å². The third-order valence-electron chi connectivity index (χ3n) is 4.09. The Kier molecular flexibility index (Phi) is 5.35. The van der Waals surface area contributed by atoms with Gasteiger partial charge in [-0.1, -0.05) is 6.07 Å². The second kappa shape index (κ2) is 7.52. The highest BCUT2D eigenvalue weighted by Gasteiger charge is 2.31. The highest BCUT2D eigenvalue weighted by atomic mass is 32.2. The fraction of sp³-hybridized carbons (Fsp3) is 0.312. The summed E-state index contributed by atoms with van der Waals surface area (Å²) in [5.74, 6) is -1.23. The zero-order chi connectivity index (χ0) is 18.7. The second-order valence-corrected chi connectivity index (χ2v) is 8.86. The number of aromatic carboxylic acids is 1. The Labute approximate surface area is 154 Å². The van der Waals surface area contributed by atoms with Gasteiger partial charge in [-0.3, -0.25) is 9.78 Å². The molecule has 0 bridgehead atoms. The number of amides is 1. The van der Waals surface area contributed by atoms with Crippen LogP contribution in [-0.2, 0) is 21.2 Å². The van der Waals surface area contributed by atoms with Crippen LogP contribution in [0.15, 0.2) is 40.2 Å². The minimum absolute atomic E-state index is 0.00466. The summed E-state index contributed by atoms with van der Waals surface area (Å²) in [6.07, 6.45) is 3.50. The first-order valence-electron chi connectivity index (χ1n) is 7.86. The minimum Gasteiger partial charge on any atom is -0.478 e. The molecule has 0 atom stereocenters. The molecule has 0 spiro atoms. The van der Waals surface area contributed by atoms with Crippen LogP contribution in [0, 0.1) is 0 Å². The Morgan fingerprint density at radius 1 is 1.23 bits per heavy atom. The molecule has 3 heterocycles. The fourth-order valence-electron chi connectivity index (χ4n) is 2.66. The van der Waals surface area contributed by atoms with Crippen LogP contribution in [0.4, 0.5) is 0 Å². The van der Waals surface area contributed by atoms with Crippen molar-refractivity contribution >= 4 is 33.2 Å². The average molecular weight is 395 g/mol. The molecule has 0 unspecified atom stereocenters. The van der Waals surface area contributed by atoms with Gasteiger partial charge >= 0.3 is 5.97 Å². The lowest BCUT2D eigenvalue weighted by atomic mass is 10.2. The quantitative estimate of drug-likeness (QED) is 0.806. The van der Waals surface area contributed by atoms with E-state index < -0.39 is 16.0 Å². The summed E-state index contributed by atoms with van der Waals surface area (Å²) < 4.78 is 26.5. The SMILES string of the molecule is O=C(O)c1csc(S(=O)(=O)N2CCN(C(=O)Cc3cccnc3)CC2)c1. The molecular weight excluding hydrogens is 378 g/mol. The lowest BCUT2D eigenvalue weighted by Gasteiger charge is -2.33. The van der Waals surface area contributed by atoms with E-state index >= 15 is 0 Å². The minimum atomic E-state index is -3.74. The van der Waals surface area contributed by atoms with Crippen LogP contribution in [-0.4, -0.2) is 65.8 Å². The third kappa shape index (κ3) is 3.92. The normalized spacial score (nSPS) is 15.8. The third-order valence-corrected chi connectivity index (χ3v) is 7.40. The van der Waals surface area contributed by atoms with Gasteiger partial charge in [-0.05, 0) is 17.7 Å². The smallest absolute Gasteiger partial charge is 0.336 e. The van der Waals surface area contributed by atoms with Gasteiger partial charge in [0, 0.05) is 44.0 Å². The Balaban J connectivity index is 1.62. The molecule has 1 aliphatic heterocycles. The number of hydrogen-bond acceptors (Lipinski definition) is 6. The molecule has 1 amide bonds. The summed E-state index contributed by atoms with van der Waals surface area (Å²) >= 11 is 0.889. The van der Waals surface area contributed by atoms with E-state index in [4.69, 9.17) is 5.11 Å². The lowest BCUT2D eigenvalue weighted by Crippen LogP contribution is -2.50. The van der Waals surface area contributed by atoms with E-state index in [0.29, 0.717) is 13.1 Å². The van der Waals surface area contributed by atoms with Gasteiger partial charge in [0.05, 0.1) is 12.0 Å². The summed E-state index contributed by atoms with van der Waals surface area (Å²) in [7, 11) is -3.74. The molecule has 2 aromatic heterocycles. The van der Waals surface area contributed by atoms with Gasteiger partial charge in [0.1, 0.15) is 4.21 Å². The number of carboxylic acid groups (broad SMARTS) is 1. The summed E-state index contributed by atoms with van der Waals surface area (Å²) in [4.78, 5) is 28.9. The van der Waals surface area contributed by atoms with Crippen LogP contribution < -0.4 is 0 Å². The molecule has 26 heavy (non-hydrogen) atoms. The van der Waals surface area contributed by atoms with Gasteiger partial charge in [-0.15, -0.1) is 11.3 Å². The van der Waals surface area contributed by atoms with Crippen molar-refractivity contribution in [3.05, 3.63) is 47.1 Å². The highest BCUT2D eigenvalue weighted by Crippen LogP contribution is 2.25. The molecule has 1 fully saturated rings. The second-order valence-electron chi connectivity index (χ2n) is 5.78. The number of thiophene rings is 1.